The van der Waals surface area contributed by atoms with Crippen LogP contribution in [-0.4, -0.2) is 6.54 Å². The van der Waals surface area contributed by atoms with Crippen LogP contribution in [0.4, 0.5) is 0 Å². The topological polar surface area (TPSA) is 26.0 Å². The Balaban J connectivity index is 2.13. The summed E-state index contributed by atoms with van der Waals surface area (Å²) in [6.45, 7) is 5.12. The van der Waals surface area contributed by atoms with Crippen LogP contribution >= 0.6 is 27.7 Å². The van der Waals surface area contributed by atoms with Gasteiger partial charge in [-0.2, -0.15) is 0 Å². The summed E-state index contributed by atoms with van der Waals surface area (Å²) in [7, 11) is 0. The predicted molar refractivity (Wildman–Crippen MR) is 91.6 cm³/mol. The van der Waals surface area contributed by atoms with Gasteiger partial charge >= 0.3 is 0 Å². The van der Waals surface area contributed by atoms with Gasteiger partial charge in [0.2, 0.25) is 0 Å². The van der Waals surface area contributed by atoms with E-state index in [4.69, 9.17) is 5.73 Å². The van der Waals surface area contributed by atoms with Gasteiger partial charge in [0.25, 0.3) is 0 Å². The van der Waals surface area contributed by atoms with Crippen molar-refractivity contribution in [1.29, 1.82) is 0 Å². The minimum absolute atomic E-state index is 0.580. The summed E-state index contributed by atoms with van der Waals surface area (Å²) >= 11 is 5.43. The summed E-state index contributed by atoms with van der Waals surface area (Å²) in [6, 6.07) is 15.3. The fourth-order valence-corrected chi connectivity index (χ4v) is 3.48. The van der Waals surface area contributed by atoms with Gasteiger partial charge in [0.1, 0.15) is 0 Å². The third-order valence-corrected chi connectivity index (χ3v) is 5.21. The molecule has 0 unspecified atom stereocenters. The average Bonchev–Trinajstić information content (AvgIpc) is 2.43. The van der Waals surface area contributed by atoms with E-state index in [1.807, 2.05) is 0 Å². The van der Waals surface area contributed by atoms with Gasteiger partial charge in [-0.3, -0.25) is 0 Å². The molecule has 3 heteroatoms. The molecule has 0 aliphatic rings. The zero-order valence-electron chi connectivity index (χ0n) is 11.9. The Bertz CT molecular complexity index is 564. The second kappa shape index (κ2) is 7.30. The molecule has 0 radical (unpaired) electrons. The van der Waals surface area contributed by atoms with E-state index in [-0.39, 0.29) is 0 Å². The van der Waals surface area contributed by atoms with Gasteiger partial charge in [-0.15, -0.1) is 0 Å². The lowest BCUT2D eigenvalue weighted by atomic mass is 10.0. The molecule has 0 saturated carbocycles. The lowest BCUT2D eigenvalue weighted by Crippen LogP contribution is -2.02. The molecule has 20 heavy (non-hydrogen) atoms. The molecule has 1 nitrogen and oxygen atoms in total. The van der Waals surface area contributed by atoms with E-state index in [1.54, 1.807) is 11.8 Å². The number of nitrogens with two attached hydrogens (primary N) is 1. The molecule has 0 aromatic heterocycles. The Morgan fingerprint density at radius 2 is 1.80 bits per heavy atom. The fourth-order valence-electron chi connectivity index (χ4n) is 2.00. The molecule has 2 aromatic carbocycles. The highest BCUT2D eigenvalue weighted by Gasteiger charge is 2.05. The molecule has 0 aliphatic carbocycles. The largest absolute Gasteiger partial charge is 0.330 e. The van der Waals surface area contributed by atoms with E-state index >= 15 is 0 Å². The van der Waals surface area contributed by atoms with Gasteiger partial charge in [0, 0.05) is 14.3 Å². The van der Waals surface area contributed by atoms with Gasteiger partial charge in [-0.05, 0) is 70.2 Å². The van der Waals surface area contributed by atoms with E-state index in [0.717, 1.165) is 10.9 Å². The third kappa shape index (κ3) is 4.11. The molecule has 0 heterocycles. The van der Waals surface area contributed by atoms with Gasteiger partial charge in [0.05, 0.1) is 0 Å². The summed E-state index contributed by atoms with van der Waals surface area (Å²) in [4.78, 5) is 2.50. The lowest BCUT2D eigenvalue weighted by Gasteiger charge is -2.09. The Hall–Kier alpha value is -0.770. The summed E-state index contributed by atoms with van der Waals surface area (Å²) in [6.07, 6.45) is 0.923. The maximum absolute atomic E-state index is 5.59. The quantitative estimate of drug-likeness (QED) is 0.800. The second-order valence-electron chi connectivity index (χ2n) is 5.13. The molecule has 0 atom stereocenters. The average molecular weight is 350 g/mol. The van der Waals surface area contributed by atoms with Crippen molar-refractivity contribution in [3.05, 3.63) is 58.1 Å². The minimum Gasteiger partial charge on any atom is -0.330 e. The number of benzene rings is 2. The third-order valence-electron chi connectivity index (χ3n) is 3.20. The lowest BCUT2D eigenvalue weighted by molar-refractivity contribution is 0.865. The SMILES string of the molecule is CC(C)c1ccc(Sc2ccc(CCN)cc2Br)cc1. The molecule has 0 saturated heterocycles. The van der Waals surface area contributed by atoms with Crippen LogP contribution in [0.2, 0.25) is 0 Å². The standard InChI is InChI=1S/C17H20BrNS/c1-12(2)14-4-6-15(7-5-14)20-17-8-3-13(9-10-19)11-16(17)18/h3-8,11-12H,9-10,19H2,1-2H3. The van der Waals surface area contributed by atoms with E-state index in [0.29, 0.717) is 12.5 Å². The van der Waals surface area contributed by atoms with Crippen LogP contribution in [0.5, 0.6) is 0 Å². The van der Waals surface area contributed by atoms with Crippen molar-refractivity contribution >= 4 is 27.7 Å². The molecule has 2 rings (SSSR count). The molecule has 0 bridgehead atoms. The monoisotopic (exact) mass is 349 g/mol. The highest BCUT2D eigenvalue weighted by Crippen LogP contribution is 2.34. The van der Waals surface area contributed by atoms with Crippen LogP contribution in [0.15, 0.2) is 56.7 Å². The maximum atomic E-state index is 5.59. The number of hydrogen-bond donors (Lipinski definition) is 1. The molecule has 2 N–H and O–H groups in total. The Kier molecular flexibility index (Phi) is 5.70. The molecule has 0 amide bonds. The summed E-state index contributed by atoms with van der Waals surface area (Å²) in [5.41, 5.74) is 8.25. The van der Waals surface area contributed by atoms with Crippen molar-refractivity contribution in [3.63, 3.8) is 0 Å². The zero-order chi connectivity index (χ0) is 14.5. The van der Waals surface area contributed by atoms with Crippen LogP contribution in [0.25, 0.3) is 0 Å². The number of rotatable bonds is 5. The van der Waals surface area contributed by atoms with Crippen molar-refractivity contribution in [2.75, 3.05) is 6.54 Å². The highest BCUT2D eigenvalue weighted by atomic mass is 79.9. The molecular weight excluding hydrogens is 330 g/mol. The van der Waals surface area contributed by atoms with Gasteiger partial charge in [0.15, 0.2) is 0 Å². The first-order valence-corrected chi connectivity index (χ1v) is 8.47. The Morgan fingerprint density at radius 1 is 1.10 bits per heavy atom. The molecular formula is C17H20BrNS. The zero-order valence-corrected chi connectivity index (χ0v) is 14.3. The summed E-state index contributed by atoms with van der Waals surface area (Å²) in [5.74, 6) is 0.580. The van der Waals surface area contributed by atoms with Crippen molar-refractivity contribution in [2.24, 2.45) is 5.73 Å². The van der Waals surface area contributed by atoms with Gasteiger partial charge < -0.3 is 5.73 Å². The molecule has 0 aliphatic heterocycles. The van der Waals surface area contributed by atoms with E-state index in [9.17, 15) is 0 Å². The van der Waals surface area contributed by atoms with Crippen LogP contribution < -0.4 is 5.73 Å². The summed E-state index contributed by atoms with van der Waals surface area (Å²) in [5, 5.41) is 0. The molecule has 106 valence electrons. The molecule has 0 spiro atoms. The van der Waals surface area contributed by atoms with E-state index in [1.165, 1.54) is 20.9 Å². The maximum Gasteiger partial charge on any atom is 0.0317 e. The highest BCUT2D eigenvalue weighted by molar-refractivity contribution is 9.10. The second-order valence-corrected chi connectivity index (χ2v) is 7.10. The number of hydrogen-bond acceptors (Lipinski definition) is 2. The van der Waals surface area contributed by atoms with Crippen molar-refractivity contribution < 1.29 is 0 Å². The fraction of sp³-hybridized carbons (Fsp3) is 0.294. The van der Waals surface area contributed by atoms with Crippen molar-refractivity contribution in [3.8, 4) is 0 Å². The van der Waals surface area contributed by atoms with Crippen LogP contribution in [0.1, 0.15) is 30.9 Å². The van der Waals surface area contributed by atoms with Crippen LogP contribution in [0, 0.1) is 0 Å². The summed E-state index contributed by atoms with van der Waals surface area (Å²) < 4.78 is 1.14. The van der Waals surface area contributed by atoms with Crippen LogP contribution in [0.3, 0.4) is 0 Å². The first-order chi connectivity index (χ1) is 9.60. The van der Waals surface area contributed by atoms with E-state index in [2.05, 4.69) is 72.2 Å². The Labute approximate surface area is 134 Å². The first kappa shape index (κ1) is 15.6. The van der Waals surface area contributed by atoms with Crippen LogP contribution in [-0.2, 0) is 6.42 Å². The molecule has 2 aromatic rings. The minimum atomic E-state index is 0.580. The van der Waals surface area contributed by atoms with Gasteiger partial charge in [-0.1, -0.05) is 43.8 Å². The Morgan fingerprint density at radius 3 is 2.35 bits per heavy atom. The van der Waals surface area contributed by atoms with E-state index < -0.39 is 0 Å². The normalized spacial score (nSPS) is 11.1. The van der Waals surface area contributed by atoms with Gasteiger partial charge in [-0.25, -0.2) is 0 Å². The van der Waals surface area contributed by atoms with Crippen molar-refractivity contribution in [2.45, 2.75) is 36.0 Å². The predicted octanol–water partition coefficient (Wildman–Crippen LogP) is 5.22. The molecule has 0 fully saturated rings. The smallest absolute Gasteiger partial charge is 0.0317 e. The number of halogens is 1. The first-order valence-electron chi connectivity index (χ1n) is 6.86. The van der Waals surface area contributed by atoms with Crippen molar-refractivity contribution in [1.82, 2.24) is 0 Å².